The van der Waals surface area contributed by atoms with Gasteiger partial charge in [-0.25, -0.2) is 4.79 Å². The van der Waals surface area contributed by atoms with Crippen LogP contribution in [0.4, 0.5) is 0 Å². The minimum Gasteiger partial charge on any atom is -0.496 e. The van der Waals surface area contributed by atoms with Crippen LogP contribution >= 0.6 is 11.6 Å². The average Bonchev–Trinajstić information content (AvgIpc) is 3.08. The molecule has 4 nitrogen and oxygen atoms in total. The molecule has 0 saturated heterocycles. The molecule has 0 spiro atoms. The number of nitrogens with zero attached hydrogens (tertiary/aromatic N) is 1. The predicted molar refractivity (Wildman–Crippen MR) is 61.5 cm³/mol. The van der Waals surface area contributed by atoms with Gasteiger partial charge in [-0.05, 0) is 30.5 Å². The highest BCUT2D eigenvalue weighted by atomic mass is 35.5. The molecule has 0 unspecified atom stereocenters. The molecule has 1 aromatic carbocycles. The van der Waals surface area contributed by atoms with Crippen LogP contribution in [-0.2, 0) is 5.41 Å². The number of hydrogen-bond donors (Lipinski definition) is 1. The van der Waals surface area contributed by atoms with Crippen molar-refractivity contribution in [3.05, 3.63) is 28.3 Å². The van der Waals surface area contributed by atoms with Gasteiger partial charge in [-0.2, -0.15) is 5.26 Å². The Morgan fingerprint density at radius 1 is 1.59 bits per heavy atom. The van der Waals surface area contributed by atoms with Gasteiger partial charge in [-0.15, -0.1) is 0 Å². The van der Waals surface area contributed by atoms with Crippen molar-refractivity contribution in [3.63, 3.8) is 0 Å². The molecule has 0 aromatic heterocycles. The van der Waals surface area contributed by atoms with Crippen LogP contribution in [0.25, 0.3) is 0 Å². The Morgan fingerprint density at radius 2 is 2.24 bits per heavy atom. The fourth-order valence-corrected chi connectivity index (χ4v) is 2.11. The van der Waals surface area contributed by atoms with E-state index in [2.05, 4.69) is 6.07 Å². The molecular weight excluding hydrogens is 242 g/mol. The number of benzene rings is 1. The van der Waals surface area contributed by atoms with Gasteiger partial charge in [0.1, 0.15) is 11.3 Å². The topological polar surface area (TPSA) is 70.3 Å². The third-order valence-electron chi connectivity index (χ3n) is 3.00. The summed E-state index contributed by atoms with van der Waals surface area (Å²) in [6.07, 6.45) is 1.55. The summed E-state index contributed by atoms with van der Waals surface area (Å²) in [6, 6.07) is 5.37. The Balaban J connectivity index is 2.57. The van der Waals surface area contributed by atoms with Crippen molar-refractivity contribution in [3.8, 4) is 11.8 Å². The number of carboxylic acids is 1. The van der Waals surface area contributed by atoms with Gasteiger partial charge in [0.15, 0.2) is 0 Å². The van der Waals surface area contributed by atoms with E-state index in [1.807, 2.05) is 0 Å². The largest absolute Gasteiger partial charge is 0.496 e. The second-order valence-electron chi connectivity index (χ2n) is 4.03. The number of aromatic carboxylic acids is 1. The molecule has 0 amide bonds. The Morgan fingerprint density at radius 3 is 2.65 bits per heavy atom. The number of nitriles is 1. The van der Waals surface area contributed by atoms with E-state index in [1.165, 1.54) is 7.11 Å². The van der Waals surface area contributed by atoms with E-state index >= 15 is 0 Å². The number of halogens is 1. The summed E-state index contributed by atoms with van der Waals surface area (Å²) in [4.78, 5) is 11.0. The fraction of sp³-hybridized carbons (Fsp3) is 0.333. The molecular formula is C12H10ClNO3. The predicted octanol–water partition coefficient (Wildman–Crippen LogP) is 2.60. The van der Waals surface area contributed by atoms with Crippen LogP contribution < -0.4 is 4.74 Å². The summed E-state index contributed by atoms with van der Waals surface area (Å²) in [5.41, 5.74) is 0.159. The quantitative estimate of drug-likeness (QED) is 0.896. The molecule has 0 heterocycles. The zero-order valence-corrected chi connectivity index (χ0v) is 9.91. The van der Waals surface area contributed by atoms with Gasteiger partial charge in [-0.1, -0.05) is 11.6 Å². The van der Waals surface area contributed by atoms with Crippen molar-refractivity contribution in [2.75, 3.05) is 7.11 Å². The van der Waals surface area contributed by atoms with Gasteiger partial charge in [0.2, 0.25) is 0 Å². The van der Waals surface area contributed by atoms with Crippen LogP contribution in [0.5, 0.6) is 5.75 Å². The van der Waals surface area contributed by atoms with Crippen LogP contribution in [0.3, 0.4) is 0 Å². The number of ether oxygens (including phenoxy) is 1. The summed E-state index contributed by atoms with van der Waals surface area (Å²) in [5, 5.41) is 18.2. The van der Waals surface area contributed by atoms with Crippen molar-refractivity contribution in [2.45, 2.75) is 18.3 Å². The summed E-state index contributed by atoms with van der Waals surface area (Å²) in [7, 11) is 1.38. The minimum absolute atomic E-state index is 0.0633. The number of rotatable bonds is 3. The Kier molecular flexibility index (Phi) is 2.72. The first-order valence-corrected chi connectivity index (χ1v) is 5.44. The van der Waals surface area contributed by atoms with E-state index in [1.54, 1.807) is 12.1 Å². The maximum absolute atomic E-state index is 11.0. The van der Waals surface area contributed by atoms with Crippen molar-refractivity contribution in [1.82, 2.24) is 0 Å². The molecule has 5 heteroatoms. The summed E-state index contributed by atoms with van der Waals surface area (Å²) >= 11 is 5.93. The second kappa shape index (κ2) is 3.94. The first kappa shape index (κ1) is 11.7. The zero-order valence-electron chi connectivity index (χ0n) is 9.16. The highest BCUT2D eigenvalue weighted by Crippen LogP contribution is 2.49. The lowest BCUT2D eigenvalue weighted by Crippen LogP contribution is -2.07. The first-order valence-electron chi connectivity index (χ1n) is 5.06. The third kappa shape index (κ3) is 1.83. The van der Waals surface area contributed by atoms with Gasteiger partial charge in [0, 0.05) is 0 Å². The lowest BCUT2D eigenvalue weighted by molar-refractivity contribution is 0.0693. The summed E-state index contributed by atoms with van der Waals surface area (Å²) in [5.74, 6) is -0.943. The van der Waals surface area contributed by atoms with Crippen LogP contribution in [0, 0.1) is 11.3 Å². The summed E-state index contributed by atoms with van der Waals surface area (Å²) < 4.78 is 5.02. The molecule has 88 valence electrons. The summed E-state index contributed by atoms with van der Waals surface area (Å²) in [6.45, 7) is 0. The standard InChI is InChI=1S/C12H10ClNO3/c1-17-9-5-7(12(6-14)2-3-12)4-8(13)10(9)11(15)16/h4-5H,2-3H2,1H3,(H,15,16). The van der Waals surface area contributed by atoms with Crippen molar-refractivity contribution in [1.29, 1.82) is 5.26 Å². The van der Waals surface area contributed by atoms with E-state index in [0.717, 1.165) is 18.4 Å². The average molecular weight is 252 g/mol. The van der Waals surface area contributed by atoms with E-state index in [4.69, 9.17) is 26.7 Å². The number of hydrogen-bond acceptors (Lipinski definition) is 3. The molecule has 1 aliphatic rings. The van der Waals surface area contributed by atoms with Gasteiger partial charge >= 0.3 is 5.97 Å². The molecule has 0 aliphatic heterocycles. The van der Waals surface area contributed by atoms with Crippen LogP contribution in [0.2, 0.25) is 5.02 Å². The molecule has 1 fully saturated rings. The molecule has 1 aromatic rings. The third-order valence-corrected chi connectivity index (χ3v) is 3.30. The smallest absolute Gasteiger partial charge is 0.341 e. The monoisotopic (exact) mass is 251 g/mol. The zero-order chi connectivity index (χ0) is 12.6. The lowest BCUT2D eigenvalue weighted by atomic mass is 9.96. The Bertz CT molecular complexity index is 529. The highest BCUT2D eigenvalue weighted by Gasteiger charge is 2.45. The van der Waals surface area contributed by atoms with E-state index < -0.39 is 11.4 Å². The van der Waals surface area contributed by atoms with Crippen molar-refractivity contribution in [2.24, 2.45) is 0 Å². The highest BCUT2D eigenvalue weighted by molar-refractivity contribution is 6.34. The molecule has 1 aliphatic carbocycles. The van der Waals surface area contributed by atoms with E-state index in [-0.39, 0.29) is 16.3 Å². The molecule has 17 heavy (non-hydrogen) atoms. The van der Waals surface area contributed by atoms with Crippen LogP contribution in [0.15, 0.2) is 12.1 Å². The molecule has 0 bridgehead atoms. The number of methoxy groups -OCH3 is 1. The molecule has 1 saturated carbocycles. The molecule has 0 radical (unpaired) electrons. The molecule has 0 atom stereocenters. The molecule has 2 rings (SSSR count). The van der Waals surface area contributed by atoms with Gasteiger partial charge in [0.05, 0.1) is 23.6 Å². The number of carbonyl (C=O) groups is 1. The van der Waals surface area contributed by atoms with E-state index in [9.17, 15) is 4.79 Å². The Labute approximate surface area is 103 Å². The van der Waals surface area contributed by atoms with E-state index in [0.29, 0.717) is 0 Å². The van der Waals surface area contributed by atoms with Gasteiger partial charge in [0.25, 0.3) is 0 Å². The minimum atomic E-state index is -1.14. The number of carboxylic acid groups (broad SMARTS) is 1. The van der Waals surface area contributed by atoms with Crippen molar-refractivity contribution < 1.29 is 14.6 Å². The van der Waals surface area contributed by atoms with Gasteiger partial charge < -0.3 is 9.84 Å². The lowest BCUT2D eigenvalue weighted by Gasteiger charge is -2.12. The maximum Gasteiger partial charge on any atom is 0.341 e. The second-order valence-corrected chi connectivity index (χ2v) is 4.44. The van der Waals surface area contributed by atoms with Crippen LogP contribution in [0.1, 0.15) is 28.8 Å². The Hall–Kier alpha value is -1.73. The fourth-order valence-electron chi connectivity index (χ4n) is 1.82. The maximum atomic E-state index is 11.0. The van der Waals surface area contributed by atoms with Crippen LogP contribution in [-0.4, -0.2) is 18.2 Å². The SMILES string of the molecule is COc1cc(C2(C#N)CC2)cc(Cl)c1C(=O)O. The molecule has 1 N–H and O–H groups in total. The van der Waals surface area contributed by atoms with Gasteiger partial charge in [-0.3, -0.25) is 0 Å². The van der Waals surface area contributed by atoms with Crippen molar-refractivity contribution >= 4 is 17.6 Å². The normalized spacial score (nSPS) is 16.1. The first-order chi connectivity index (χ1) is 8.04.